The number of H-pyrrole nitrogens is 1. The highest BCUT2D eigenvalue weighted by atomic mass is 16.5. The van der Waals surface area contributed by atoms with E-state index in [1.165, 1.54) is 12.8 Å². The molecule has 2 aromatic rings. The number of unbranched alkanes of at least 4 members (excludes halogenated alkanes) is 2. The molecule has 2 rings (SSSR count). The maximum absolute atomic E-state index is 12.0. The Balaban J connectivity index is 2.07. The van der Waals surface area contributed by atoms with Crippen LogP contribution in [0.2, 0.25) is 0 Å². The fraction of sp³-hybridized carbons (Fsp3) is 0.474. The third kappa shape index (κ3) is 4.60. The first kappa shape index (κ1) is 18.0. The van der Waals surface area contributed by atoms with Crippen molar-refractivity contribution in [3.05, 3.63) is 36.0 Å². The molecule has 0 aliphatic heterocycles. The van der Waals surface area contributed by atoms with Gasteiger partial charge in [-0.3, -0.25) is 9.89 Å². The van der Waals surface area contributed by atoms with Gasteiger partial charge in [-0.1, -0.05) is 19.8 Å². The summed E-state index contributed by atoms with van der Waals surface area (Å²) in [6, 6.07) is 7.84. The Morgan fingerprint density at radius 3 is 2.62 bits per heavy atom. The zero-order valence-electron chi connectivity index (χ0n) is 14.7. The minimum Gasteiger partial charge on any atom is -0.494 e. The van der Waals surface area contributed by atoms with Crippen LogP contribution in [0.4, 0.5) is 0 Å². The van der Waals surface area contributed by atoms with Crippen molar-refractivity contribution < 1.29 is 14.3 Å². The number of hydrogen-bond acceptors (Lipinski definition) is 4. The maximum Gasteiger partial charge on any atom is 0.313 e. The second-order valence-electron chi connectivity index (χ2n) is 5.75. The lowest BCUT2D eigenvalue weighted by atomic mass is 9.98. The van der Waals surface area contributed by atoms with E-state index in [0.29, 0.717) is 6.61 Å². The largest absolute Gasteiger partial charge is 0.494 e. The van der Waals surface area contributed by atoms with E-state index in [4.69, 9.17) is 9.47 Å². The molecule has 0 aliphatic carbocycles. The highest BCUT2D eigenvalue weighted by Gasteiger charge is 2.21. The zero-order valence-corrected chi connectivity index (χ0v) is 14.7. The van der Waals surface area contributed by atoms with Gasteiger partial charge in [-0.15, -0.1) is 0 Å². The molecule has 5 nitrogen and oxygen atoms in total. The van der Waals surface area contributed by atoms with Gasteiger partial charge in [-0.25, -0.2) is 0 Å². The van der Waals surface area contributed by atoms with Crippen LogP contribution < -0.4 is 4.74 Å². The van der Waals surface area contributed by atoms with E-state index in [1.807, 2.05) is 31.2 Å². The standard InChI is InChI=1S/C19H26N2O3/c1-4-6-7-12-24-16-10-8-15(9-11-16)18-17(13-20-21-18)14(3)19(22)23-5-2/h8-11,13-14H,4-7,12H2,1-3H3,(H,20,21). The molecule has 0 saturated heterocycles. The number of esters is 1. The Bertz CT molecular complexity index is 634. The molecule has 130 valence electrons. The van der Waals surface area contributed by atoms with E-state index >= 15 is 0 Å². The summed E-state index contributed by atoms with van der Waals surface area (Å²) in [5.74, 6) is 0.258. The summed E-state index contributed by atoms with van der Waals surface area (Å²) in [7, 11) is 0. The summed E-state index contributed by atoms with van der Waals surface area (Å²) in [5, 5.41) is 7.07. The molecule has 0 spiro atoms. The number of ether oxygens (including phenoxy) is 2. The first-order valence-electron chi connectivity index (χ1n) is 8.60. The molecule has 1 heterocycles. The monoisotopic (exact) mass is 330 g/mol. The molecular formula is C19H26N2O3. The van der Waals surface area contributed by atoms with Crippen molar-refractivity contribution >= 4 is 5.97 Å². The third-order valence-electron chi connectivity index (χ3n) is 3.93. The molecule has 0 amide bonds. The molecule has 0 radical (unpaired) electrons. The Labute approximate surface area is 143 Å². The minimum absolute atomic E-state index is 0.240. The summed E-state index contributed by atoms with van der Waals surface area (Å²) >= 11 is 0. The van der Waals surface area contributed by atoms with Crippen molar-refractivity contribution in [1.29, 1.82) is 0 Å². The highest BCUT2D eigenvalue weighted by Crippen LogP contribution is 2.29. The van der Waals surface area contributed by atoms with E-state index in [1.54, 1.807) is 13.1 Å². The summed E-state index contributed by atoms with van der Waals surface area (Å²) in [6.45, 7) is 6.93. The lowest BCUT2D eigenvalue weighted by molar-refractivity contribution is -0.144. The van der Waals surface area contributed by atoms with Gasteiger partial charge in [-0.05, 0) is 44.5 Å². The number of nitrogens with one attached hydrogen (secondary N) is 1. The van der Waals surface area contributed by atoms with Crippen LogP contribution in [0.1, 0.15) is 51.5 Å². The van der Waals surface area contributed by atoms with Crippen molar-refractivity contribution in [2.24, 2.45) is 0 Å². The van der Waals surface area contributed by atoms with Gasteiger partial charge in [0.25, 0.3) is 0 Å². The van der Waals surface area contributed by atoms with Crippen LogP contribution in [0, 0.1) is 0 Å². The second-order valence-corrected chi connectivity index (χ2v) is 5.75. The zero-order chi connectivity index (χ0) is 17.4. The highest BCUT2D eigenvalue weighted by molar-refractivity contribution is 5.81. The van der Waals surface area contributed by atoms with Crippen LogP contribution in [0.15, 0.2) is 30.5 Å². The number of hydrogen-bond donors (Lipinski definition) is 1. The van der Waals surface area contributed by atoms with Crippen LogP contribution in [0.5, 0.6) is 5.75 Å². The van der Waals surface area contributed by atoms with E-state index in [0.717, 1.165) is 35.6 Å². The van der Waals surface area contributed by atoms with Gasteiger partial charge in [0, 0.05) is 11.1 Å². The minimum atomic E-state index is -0.358. The molecule has 5 heteroatoms. The first-order chi connectivity index (χ1) is 11.7. The third-order valence-corrected chi connectivity index (χ3v) is 3.93. The number of aromatic nitrogens is 2. The summed E-state index contributed by atoms with van der Waals surface area (Å²) in [6.07, 6.45) is 5.12. The summed E-state index contributed by atoms with van der Waals surface area (Å²) in [5.41, 5.74) is 2.65. The molecule has 1 atom stereocenters. The maximum atomic E-state index is 12.0. The quantitative estimate of drug-likeness (QED) is 0.549. The van der Waals surface area contributed by atoms with Crippen LogP contribution in [0.3, 0.4) is 0 Å². The fourth-order valence-electron chi connectivity index (χ4n) is 2.51. The predicted molar refractivity (Wildman–Crippen MR) is 94.1 cm³/mol. The van der Waals surface area contributed by atoms with Crippen molar-refractivity contribution in [2.45, 2.75) is 46.0 Å². The molecule has 1 aromatic heterocycles. The molecule has 1 unspecified atom stereocenters. The Hall–Kier alpha value is -2.30. The average molecular weight is 330 g/mol. The van der Waals surface area contributed by atoms with Crippen LogP contribution in [-0.2, 0) is 9.53 Å². The average Bonchev–Trinajstić information content (AvgIpc) is 3.08. The smallest absolute Gasteiger partial charge is 0.313 e. The van der Waals surface area contributed by atoms with Gasteiger partial charge in [0.2, 0.25) is 0 Å². The lowest BCUT2D eigenvalue weighted by Crippen LogP contribution is -2.13. The number of benzene rings is 1. The molecule has 0 fully saturated rings. The van der Waals surface area contributed by atoms with Crippen molar-refractivity contribution in [1.82, 2.24) is 10.2 Å². The van der Waals surface area contributed by atoms with Crippen LogP contribution >= 0.6 is 0 Å². The summed E-state index contributed by atoms with van der Waals surface area (Å²) in [4.78, 5) is 12.0. The van der Waals surface area contributed by atoms with E-state index < -0.39 is 0 Å². The number of rotatable bonds is 9. The van der Waals surface area contributed by atoms with Crippen molar-refractivity contribution in [3.63, 3.8) is 0 Å². The predicted octanol–water partition coefficient (Wildman–Crippen LogP) is 4.31. The Morgan fingerprint density at radius 2 is 1.96 bits per heavy atom. The molecule has 0 saturated carbocycles. The van der Waals surface area contributed by atoms with Gasteiger partial charge in [0.1, 0.15) is 5.75 Å². The van der Waals surface area contributed by atoms with Crippen LogP contribution in [0.25, 0.3) is 11.3 Å². The fourth-order valence-corrected chi connectivity index (χ4v) is 2.51. The first-order valence-corrected chi connectivity index (χ1v) is 8.60. The van der Waals surface area contributed by atoms with E-state index in [9.17, 15) is 4.79 Å². The van der Waals surface area contributed by atoms with E-state index in [-0.39, 0.29) is 11.9 Å². The Kier molecular flexibility index (Phi) is 6.85. The molecule has 0 aliphatic rings. The molecule has 1 N–H and O–H groups in total. The number of carbonyl (C=O) groups is 1. The van der Waals surface area contributed by atoms with Gasteiger partial charge < -0.3 is 9.47 Å². The van der Waals surface area contributed by atoms with Crippen molar-refractivity contribution in [2.75, 3.05) is 13.2 Å². The van der Waals surface area contributed by atoms with Gasteiger partial charge in [-0.2, -0.15) is 5.10 Å². The number of carbonyl (C=O) groups excluding carboxylic acids is 1. The van der Waals surface area contributed by atoms with E-state index in [2.05, 4.69) is 17.1 Å². The SMILES string of the molecule is CCCCCOc1ccc(-c2[nH]ncc2C(C)C(=O)OCC)cc1. The van der Waals surface area contributed by atoms with Crippen molar-refractivity contribution in [3.8, 4) is 17.0 Å². The number of aromatic amines is 1. The second kappa shape index (κ2) is 9.11. The molecule has 24 heavy (non-hydrogen) atoms. The molecular weight excluding hydrogens is 304 g/mol. The molecule has 1 aromatic carbocycles. The molecule has 0 bridgehead atoms. The Morgan fingerprint density at radius 1 is 1.21 bits per heavy atom. The van der Waals surface area contributed by atoms with Gasteiger partial charge in [0.05, 0.1) is 31.0 Å². The lowest BCUT2D eigenvalue weighted by Gasteiger charge is -2.11. The normalized spacial score (nSPS) is 12.0. The van der Waals surface area contributed by atoms with Gasteiger partial charge >= 0.3 is 5.97 Å². The topological polar surface area (TPSA) is 64.2 Å². The van der Waals surface area contributed by atoms with Crippen LogP contribution in [-0.4, -0.2) is 29.4 Å². The van der Waals surface area contributed by atoms with Gasteiger partial charge in [0.15, 0.2) is 0 Å². The number of nitrogens with zero attached hydrogens (tertiary/aromatic N) is 1. The summed E-state index contributed by atoms with van der Waals surface area (Å²) < 4.78 is 10.8.